The Bertz CT molecular complexity index is 488. The second-order valence-electron chi connectivity index (χ2n) is 4.75. The molecule has 3 nitrogen and oxygen atoms in total. The van der Waals surface area contributed by atoms with Gasteiger partial charge in [0.15, 0.2) is 0 Å². The summed E-state index contributed by atoms with van der Waals surface area (Å²) < 4.78 is 3.16. The van der Waals surface area contributed by atoms with E-state index in [9.17, 15) is 0 Å². The second-order valence-corrected chi connectivity index (χ2v) is 6.00. The third kappa shape index (κ3) is 3.81. The summed E-state index contributed by atoms with van der Waals surface area (Å²) in [7, 11) is 0. The van der Waals surface area contributed by atoms with Crippen molar-refractivity contribution in [3.8, 4) is 5.69 Å². The lowest BCUT2D eigenvalue weighted by molar-refractivity contribution is 0.546. The summed E-state index contributed by atoms with van der Waals surface area (Å²) in [6, 6.07) is 10.4. The van der Waals surface area contributed by atoms with Crippen molar-refractivity contribution in [3.05, 3.63) is 45.8 Å². The molecule has 1 aromatic carbocycles. The van der Waals surface area contributed by atoms with Crippen LogP contribution in [-0.2, 0) is 6.54 Å². The van der Waals surface area contributed by atoms with Crippen LogP contribution in [0, 0.1) is 9.49 Å². The molecular formula is C14H18IN3. The maximum absolute atomic E-state index is 4.56. The molecule has 1 heterocycles. The van der Waals surface area contributed by atoms with Crippen molar-refractivity contribution in [2.75, 3.05) is 6.54 Å². The number of aromatic nitrogens is 2. The predicted molar refractivity (Wildman–Crippen MR) is 82.8 cm³/mol. The van der Waals surface area contributed by atoms with E-state index in [4.69, 9.17) is 0 Å². The first kappa shape index (κ1) is 13.5. The molecule has 1 aromatic heterocycles. The van der Waals surface area contributed by atoms with Gasteiger partial charge in [-0.2, -0.15) is 5.10 Å². The monoisotopic (exact) mass is 355 g/mol. The molecule has 0 amide bonds. The number of nitrogens with one attached hydrogen (secondary N) is 1. The summed E-state index contributed by atoms with van der Waals surface area (Å²) in [5.74, 6) is 0.670. The maximum Gasteiger partial charge on any atom is 0.0766 e. The Hall–Kier alpha value is -0.880. The van der Waals surface area contributed by atoms with Crippen LogP contribution >= 0.6 is 22.6 Å². The fraction of sp³-hybridized carbons (Fsp3) is 0.357. The first-order chi connectivity index (χ1) is 8.65. The molecule has 4 heteroatoms. The highest BCUT2D eigenvalue weighted by molar-refractivity contribution is 14.1. The molecule has 2 rings (SSSR count). The molecule has 0 aliphatic carbocycles. The molecule has 0 radical (unpaired) electrons. The van der Waals surface area contributed by atoms with E-state index in [1.807, 2.05) is 10.9 Å². The lowest BCUT2D eigenvalue weighted by Crippen LogP contribution is -2.19. The Kier molecular flexibility index (Phi) is 4.77. The lowest BCUT2D eigenvalue weighted by Gasteiger charge is -2.05. The first-order valence-corrected chi connectivity index (χ1v) is 7.24. The van der Waals surface area contributed by atoms with Crippen molar-refractivity contribution in [1.29, 1.82) is 0 Å². The van der Waals surface area contributed by atoms with Gasteiger partial charge in [0.1, 0.15) is 0 Å². The summed E-state index contributed by atoms with van der Waals surface area (Å²) in [5.41, 5.74) is 2.18. The van der Waals surface area contributed by atoms with E-state index in [-0.39, 0.29) is 0 Å². The Balaban J connectivity index is 1.99. The smallest absolute Gasteiger partial charge is 0.0766 e. The Morgan fingerprint density at radius 1 is 1.22 bits per heavy atom. The molecule has 0 unspecified atom stereocenters. The number of halogens is 1. The highest BCUT2D eigenvalue weighted by atomic mass is 127. The van der Waals surface area contributed by atoms with E-state index in [1.165, 1.54) is 3.57 Å². The second kappa shape index (κ2) is 6.33. The van der Waals surface area contributed by atoms with Crippen molar-refractivity contribution in [1.82, 2.24) is 15.1 Å². The van der Waals surface area contributed by atoms with Crippen LogP contribution < -0.4 is 5.32 Å². The van der Waals surface area contributed by atoms with Gasteiger partial charge in [-0.1, -0.05) is 13.8 Å². The number of benzene rings is 1. The summed E-state index contributed by atoms with van der Waals surface area (Å²) in [4.78, 5) is 0. The van der Waals surface area contributed by atoms with Gasteiger partial charge in [-0.05, 0) is 65.4 Å². The third-order valence-electron chi connectivity index (χ3n) is 2.59. The fourth-order valence-electron chi connectivity index (χ4n) is 1.68. The van der Waals surface area contributed by atoms with Crippen molar-refractivity contribution in [2.45, 2.75) is 20.4 Å². The van der Waals surface area contributed by atoms with E-state index >= 15 is 0 Å². The van der Waals surface area contributed by atoms with E-state index < -0.39 is 0 Å². The molecule has 2 aromatic rings. The van der Waals surface area contributed by atoms with E-state index in [2.05, 4.69) is 77.2 Å². The van der Waals surface area contributed by atoms with Gasteiger partial charge in [-0.15, -0.1) is 0 Å². The molecule has 0 saturated carbocycles. The van der Waals surface area contributed by atoms with E-state index in [0.29, 0.717) is 5.92 Å². The molecule has 0 spiro atoms. The molecule has 0 aliphatic rings. The largest absolute Gasteiger partial charge is 0.311 e. The van der Waals surface area contributed by atoms with E-state index in [0.717, 1.165) is 24.5 Å². The zero-order chi connectivity index (χ0) is 13.0. The number of nitrogens with zero attached hydrogens (tertiary/aromatic N) is 2. The summed E-state index contributed by atoms with van der Waals surface area (Å²) in [6.07, 6.45) is 2.01. The zero-order valence-electron chi connectivity index (χ0n) is 10.7. The molecule has 0 saturated heterocycles. The minimum atomic E-state index is 0.670. The SMILES string of the molecule is CC(C)CNCc1ccn(-c2ccc(I)cc2)n1. The highest BCUT2D eigenvalue weighted by Gasteiger charge is 2.01. The minimum absolute atomic E-state index is 0.670. The molecule has 0 fully saturated rings. The van der Waals surface area contributed by atoms with Crippen LogP contribution in [0.2, 0.25) is 0 Å². The predicted octanol–water partition coefficient (Wildman–Crippen LogP) is 3.22. The van der Waals surface area contributed by atoms with Crippen LogP contribution in [0.4, 0.5) is 0 Å². The van der Waals surface area contributed by atoms with Crippen molar-refractivity contribution in [2.24, 2.45) is 5.92 Å². The van der Waals surface area contributed by atoms with Gasteiger partial charge >= 0.3 is 0 Å². The van der Waals surface area contributed by atoms with Crippen LogP contribution in [0.15, 0.2) is 36.5 Å². The molecule has 1 N–H and O–H groups in total. The van der Waals surface area contributed by atoms with Crippen LogP contribution in [0.1, 0.15) is 19.5 Å². The molecule has 18 heavy (non-hydrogen) atoms. The topological polar surface area (TPSA) is 29.9 Å². The molecule has 0 aliphatic heterocycles. The van der Waals surface area contributed by atoms with Gasteiger partial charge in [0, 0.05) is 16.3 Å². The Morgan fingerprint density at radius 2 is 1.94 bits per heavy atom. The summed E-state index contributed by atoms with van der Waals surface area (Å²) in [5, 5.41) is 7.96. The van der Waals surface area contributed by atoms with Crippen LogP contribution in [0.25, 0.3) is 5.69 Å². The average molecular weight is 355 g/mol. The zero-order valence-corrected chi connectivity index (χ0v) is 12.9. The first-order valence-electron chi connectivity index (χ1n) is 6.16. The Labute approximate surface area is 122 Å². The third-order valence-corrected chi connectivity index (χ3v) is 3.31. The molecule has 96 valence electrons. The fourth-order valence-corrected chi connectivity index (χ4v) is 2.04. The Morgan fingerprint density at radius 3 is 2.61 bits per heavy atom. The van der Waals surface area contributed by atoms with Crippen molar-refractivity contribution in [3.63, 3.8) is 0 Å². The van der Waals surface area contributed by atoms with Gasteiger partial charge in [0.05, 0.1) is 11.4 Å². The van der Waals surface area contributed by atoms with Gasteiger partial charge in [-0.3, -0.25) is 0 Å². The summed E-state index contributed by atoms with van der Waals surface area (Å²) in [6.45, 7) is 6.26. The number of rotatable bonds is 5. The van der Waals surface area contributed by atoms with E-state index in [1.54, 1.807) is 0 Å². The van der Waals surface area contributed by atoms with Gasteiger partial charge < -0.3 is 5.32 Å². The summed E-state index contributed by atoms with van der Waals surface area (Å²) >= 11 is 2.31. The quantitative estimate of drug-likeness (QED) is 0.835. The van der Waals surface area contributed by atoms with Crippen molar-refractivity contribution < 1.29 is 0 Å². The van der Waals surface area contributed by atoms with Crippen molar-refractivity contribution >= 4 is 22.6 Å². The van der Waals surface area contributed by atoms with Gasteiger partial charge in [0.2, 0.25) is 0 Å². The maximum atomic E-state index is 4.56. The van der Waals surface area contributed by atoms with Gasteiger partial charge in [-0.25, -0.2) is 4.68 Å². The average Bonchev–Trinajstić information content (AvgIpc) is 2.78. The minimum Gasteiger partial charge on any atom is -0.311 e. The standard InChI is InChI=1S/C14H18IN3/c1-11(2)9-16-10-13-7-8-18(17-13)14-5-3-12(15)4-6-14/h3-8,11,16H,9-10H2,1-2H3. The number of hydrogen-bond acceptors (Lipinski definition) is 2. The molecule has 0 atom stereocenters. The van der Waals surface area contributed by atoms with Crippen LogP contribution in [-0.4, -0.2) is 16.3 Å². The normalized spacial score (nSPS) is 11.1. The molecule has 0 bridgehead atoms. The lowest BCUT2D eigenvalue weighted by atomic mass is 10.2. The highest BCUT2D eigenvalue weighted by Crippen LogP contribution is 2.11. The number of hydrogen-bond donors (Lipinski definition) is 1. The van der Waals surface area contributed by atoms with Gasteiger partial charge in [0.25, 0.3) is 0 Å². The van der Waals surface area contributed by atoms with Crippen LogP contribution in [0.3, 0.4) is 0 Å². The van der Waals surface area contributed by atoms with Crippen LogP contribution in [0.5, 0.6) is 0 Å². The molecular weight excluding hydrogens is 337 g/mol.